The molecule has 2 aromatic rings. The number of benzene rings is 1. The molecule has 1 fully saturated rings. The van der Waals surface area contributed by atoms with Gasteiger partial charge in [0.25, 0.3) is 0 Å². The predicted octanol–water partition coefficient (Wildman–Crippen LogP) is 3.75. The molecule has 3 rings (SSSR count). The maximum absolute atomic E-state index is 4.47. The van der Waals surface area contributed by atoms with Crippen molar-refractivity contribution in [3.8, 4) is 0 Å². The van der Waals surface area contributed by atoms with Crippen molar-refractivity contribution in [1.82, 2.24) is 15.6 Å². The molecule has 1 heterocycles. The summed E-state index contributed by atoms with van der Waals surface area (Å²) >= 11 is 3.72. The quantitative estimate of drug-likeness (QED) is 0.608. The Balaban J connectivity index is 1.50. The normalized spacial score (nSPS) is 16.0. The van der Waals surface area contributed by atoms with Crippen LogP contribution in [-0.2, 0) is 6.54 Å². The van der Waals surface area contributed by atoms with E-state index in [0.717, 1.165) is 29.8 Å². The fourth-order valence-electron chi connectivity index (χ4n) is 2.56. The highest BCUT2D eigenvalue weighted by molar-refractivity contribution is 8.01. The van der Waals surface area contributed by atoms with Gasteiger partial charge >= 0.3 is 0 Å². The minimum atomic E-state index is 0.315. The maximum Gasteiger partial charge on any atom is 0.191 e. The number of hydrogen-bond acceptors (Lipinski definition) is 4. The molecule has 6 heteroatoms. The van der Waals surface area contributed by atoms with Crippen LogP contribution >= 0.6 is 23.1 Å². The Bertz CT molecular complexity index is 705. The van der Waals surface area contributed by atoms with Crippen LogP contribution in [0.1, 0.15) is 28.4 Å². The van der Waals surface area contributed by atoms with Crippen LogP contribution in [0.5, 0.6) is 0 Å². The summed E-state index contributed by atoms with van der Waals surface area (Å²) in [6.45, 7) is 5.82. The molecule has 1 aromatic heterocycles. The van der Waals surface area contributed by atoms with Gasteiger partial charge in [-0.15, -0.1) is 23.1 Å². The van der Waals surface area contributed by atoms with E-state index in [1.54, 1.807) is 11.3 Å². The zero-order chi connectivity index (χ0) is 17.0. The van der Waals surface area contributed by atoms with Gasteiger partial charge in [0, 0.05) is 28.1 Å². The van der Waals surface area contributed by atoms with Gasteiger partial charge in [-0.1, -0.05) is 18.2 Å². The molecule has 0 bridgehead atoms. The molecule has 0 unspecified atom stereocenters. The Morgan fingerprint density at radius 1 is 1.25 bits per heavy atom. The second kappa shape index (κ2) is 7.57. The van der Waals surface area contributed by atoms with Crippen molar-refractivity contribution in [2.75, 3.05) is 13.6 Å². The molecule has 0 saturated heterocycles. The molecule has 2 N–H and O–H groups in total. The first kappa shape index (κ1) is 17.3. The first-order chi connectivity index (χ1) is 11.6. The number of aromatic nitrogens is 1. The molecule has 0 amide bonds. The zero-order valence-corrected chi connectivity index (χ0v) is 16.1. The predicted molar refractivity (Wildman–Crippen MR) is 104 cm³/mol. The number of thiazole rings is 1. The van der Waals surface area contributed by atoms with Crippen LogP contribution in [0, 0.1) is 13.8 Å². The van der Waals surface area contributed by atoms with Crippen molar-refractivity contribution in [3.05, 3.63) is 45.9 Å². The van der Waals surface area contributed by atoms with Crippen LogP contribution in [-0.4, -0.2) is 29.3 Å². The highest BCUT2D eigenvalue weighted by Crippen LogP contribution is 2.51. The Labute approximate surface area is 152 Å². The Morgan fingerprint density at radius 2 is 2.00 bits per heavy atom. The summed E-state index contributed by atoms with van der Waals surface area (Å²) in [6, 6.07) is 10.6. The van der Waals surface area contributed by atoms with Crippen molar-refractivity contribution in [2.45, 2.75) is 42.9 Å². The van der Waals surface area contributed by atoms with E-state index in [-0.39, 0.29) is 0 Å². The van der Waals surface area contributed by atoms with Crippen LogP contribution in [0.25, 0.3) is 0 Å². The molecule has 0 atom stereocenters. The SMILES string of the molecule is CN=C(NCc1sc(C)nc1C)NCC1(Sc2ccccc2)CC1. The average molecular weight is 361 g/mol. The van der Waals surface area contributed by atoms with E-state index in [1.807, 2.05) is 25.7 Å². The number of nitrogens with one attached hydrogen (secondary N) is 2. The van der Waals surface area contributed by atoms with Crippen LogP contribution in [0.3, 0.4) is 0 Å². The number of aryl methyl sites for hydroxylation is 2. The molecule has 128 valence electrons. The average Bonchev–Trinajstić information content (AvgIpc) is 3.26. The van der Waals surface area contributed by atoms with Gasteiger partial charge in [-0.25, -0.2) is 4.98 Å². The van der Waals surface area contributed by atoms with Crippen LogP contribution in [0.2, 0.25) is 0 Å². The fraction of sp³-hybridized carbons (Fsp3) is 0.444. The summed E-state index contributed by atoms with van der Waals surface area (Å²) in [5, 5.41) is 8.01. The molecular weight excluding hydrogens is 336 g/mol. The van der Waals surface area contributed by atoms with Gasteiger partial charge in [0.15, 0.2) is 5.96 Å². The number of guanidine groups is 1. The third-order valence-electron chi connectivity index (χ3n) is 4.10. The van der Waals surface area contributed by atoms with E-state index >= 15 is 0 Å². The van der Waals surface area contributed by atoms with Gasteiger partial charge in [0.1, 0.15) is 0 Å². The summed E-state index contributed by atoms with van der Waals surface area (Å²) in [5.41, 5.74) is 1.11. The summed E-state index contributed by atoms with van der Waals surface area (Å²) in [7, 11) is 1.82. The number of aliphatic imine (C=N–C) groups is 1. The molecule has 1 aliphatic carbocycles. The Morgan fingerprint density at radius 3 is 2.58 bits per heavy atom. The van der Waals surface area contributed by atoms with E-state index < -0.39 is 0 Å². The maximum atomic E-state index is 4.47. The molecule has 0 radical (unpaired) electrons. The monoisotopic (exact) mass is 360 g/mol. The van der Waals surface area contributed by atoms with Gasteiger partial charge in [0.2, 0.25) is 0 Å². The number of nitrogens with zero attached hydrogens (tertiary/aromatic N) is 2. The van der Waals surface area contributed by atoms with E-state index in [9.17, 15) is 0 Å². The molecule has 1 saturated carbocycles. The summed E-state index contributed by atoms with van der Waals surface area (Å²) in [5.74, 6) is 0.861. The fourth-order valence-corrected chi connectivity index (χ4v) is 4.68. The second-order valence-electron chi connectivity index (χ2n) is 6.12. The molecule has 0 aliphatic heterocycles. The molecule has 1 aliphatic rings. The minimum Gasteiger partial charge on any atom is -0.355 e. The first-order valence-electron chi connectivity index (χ1n) is 8.22. The van der Waals surface area contributed by atoms with E-state index in [4.69, 9.17) is 0 Å². The topological polar surface area (TPSA) is 49.3 Å². The van der Waals surface area contributed by atoms with Gasteiger partial charge in [-0.05, 0) is 38.8 Å². The van der Waals surface area contributed by atoms with E-state index in [2.05, 4.69) is 57.9 Å². The van der Waals surface area contributed by atoms with Crippen molar-refractivity contribution in [1.29, 1.82) is 0 Å². The third kappa shape index (κ3) is 4.51. The van der Waals surface area contributed by atoms with Gasteiger partial charge < -0.3 is 10.6 Å². The molecule has 24 heavy (non-hydrogen) atoms. The Hall–Kier alpha value is -1.53. The smallest absolute Gasteiger partial charge is 0.191 e. The highest BCUT2D eigenvalue weighted by atomic mass is 32.2. The van der Waals surface area contributed by atoms with Crippen LogP contribution in [0.15, 0.2) is 40.2 Å². The van der Waals surface area contributed by atoms with Gasteiger partial charge in [0.05, 0.1) is 17.2 Å². The van der Waals surface area contributed by atoms with E-state index in [1.165, 1.54) is 22.6 Å². The van der Waals surface area contributed by atoms with Gasteiger partial charge in [-0.2, -0.15) is 0 Å². The summed E-state index contributed by atoms with van der Waals surface area (Å²) in [4.78, 5) is 11.4. The molecular formula is C18H24N4S2. The molecule has 1 aromatic carbocycles. The number of rotatable bonds is 6. The van der Waals surface area contributed by atoms with Crippen LogP contribution in [0.4, 0.5) is 0 Å². The lowest BCUT2D eigenvalue weighted by Gasteiger charge is -2.18. The van der Waals surface area contributed by atoms with Crippen LogP contribution < -0.4 is 10.6 Å². The lowest BCUT2D eigenvalue weighted by atomic mass is 10.4. The van der Waals surface area contributed by atoms with Crippen molar-refractivity contribution < 1.29 is 0 Å². The second-order valence-corrected chi connectivity index (χ2v) is 8.95. The lowest BCUT2D eigenvalue weighted by molar-refractivity contribution is 0.767. The molecule has 4 nitrogen and oxygen atoms in total. The van der Waals surface area contributed by atoms with Gasteiger partial charge in [-0.3, -0.25) is 4.99 Å². The zero-order valence-electron chi connectivity index (χ0n) is 14.4. The summed E-state index contributed by atoms with van der Waals surface area (Å²) < 4.78 is 0.315. The lowest BCUT2D eigenvalue weighted by Crippen LogP contribution is -2.40. The third-order valence-corrected chi connectivity index (χ3v) is 6.67. The number of hydrogen-bond donors (Lipinski definition) is 2. The van der Waals surface area contributed by atoms with E-state index in [0.29, 0.717) is 4.75 Å². The summed E-state index contributed by atoms with van der Waals surface area (Å²) in [6.07, 6.45) is 2.51. The van der Waals surface area contributed by atoms with Crippen molar-refractivity contribution >= 4 is 29.1 Å². The molecule has 0 spiro atoms. The first-order valence-corrected chi connectivity index (χ1v) is 9.85. The number of thioether (sulfide) groups is 1. The Kier molecular flexibility index (Phi) is 5.46. The van der Waals surface area contributed by atoms with Crippen molar-refractivity contribution in [2.24, 2.45) is 4.99 Å². The standard InChI is InChI=1S/C18H24N4S2/c1-13-16(23-14(2)22-13)11-20-17(19-3)21-12-18(9-10-18)24-15-7-5-4-6-8-15/h4-8H,9-12H2,1-3H3,(H2,19,20,21). The highest BCUT2D eigenvalue weighted by Gasteiger charge is 2.43. The largest absolute Gasteiger partial charge is 0.355 e. The minimum absolute atomic E-state index is 0.315. The van der Waals surface area contributed by atoms with Crippen molar-refractivity contribution in [3.63, 3.8) is 0 Å².